The van der Waals surface area contributed by atoms with Gasteiger partial charge in [0.05, 0.1) is 21.8 Å². The fourth-order valence-electron chi connectivity index (χ4n) is 3.92. The number of aryl methyl sites for hydroxylation is 2. The van der Waals surface area contributed by atoms with E-state index in [9.17, 15) is 14.7 Å². The minimum atomic E-state index is -0.766. The number of benzene rings is 3. The lowest BCUT2D eigenvalue weighted by Crippen LogP contribution is -2.29. The largest absolute Gasteiger partial charge is 0.507 e. The van der Waals surface area contributed by atoms with Crippen LogP contribution in [0.5, 0.6) is 0 Å². The first-order valence-corrected chi connectivity index (χ1v) is 11.1. The van der Waals surface area contributed by atoms with Crippen LogP contribution in [-0.2, 0) is 9.59 Å². The number of aliphatic hydroxyl groups excluding tert-OH is 1. The number of thiazole rings is 1. The van der Waals surface area contributed by atoms with Crippen molar-refractivity contribution < 1.29 is 14.7 Å². The molecule has 2 heterocycles. The molecule has 1 atom stereocenters. The van der Waals surface area contributed by atoms with Gasteiger partial charge in [-0.2, -0.15) is 0 Å². The highest BCUT2D eigenvalue weighted by molar-refractivity contribution is 7.22. The van der Waals surface area contributed by atoms with Gasteiger partial charge in [-0.05, 0) is 31.5 Å². The van der Waals surface area contributed by atoms with Crippen LogP contribution in [0, 0.1) is 13.8 Å². The summed E-state index contributed by atoms with van der Waals surface area (Å²) in [4.78, 5) is 32.5. The highest BCUT2D eigenvalue weighted by Gasteiger charge is 2.48. The van der Waals surface area contributed by atoms with Crippen molar-refractivity contribution in [2.45, 2.75) is 19.9 Å². The lowest BCUT2D eigenvalue weighted by molar-refractivity contribution is -0.132. The fraction of sp³-hybridized carbons (Fsp3) is 0.115. The summed E-state index contributed by atoms with van der Waals surface area (Å²) in [5.41, 5.74) is 4.16. The Morgan fingerprint density at radius 1 is 0.906 bits per heavy atom. The maximum absolute atomic E-state index is 13.2. The van der Waals surface area contributed by atoms with Crippen molar-refractivity contribution in [3.05, 3.63) is 101 Å². The standard InChI is InChI=1S/C26H20N2O3S/c1-15-7-11-17(12-8-15)22-21(23(29)18-13-9-16(2)10-14-18)24(30)25(31)28(22)26-27-19-5-3-4-6-20(19)32-26/h3-14,22,29H,1-2H3/b23-21+/t22-/m0/s1. The third kappa shape index (κ3) is 3.29. The first kappa shape index (κ1) is 20.2. The number of Topliss-reactive ketones (excluding diaryl/α,β-unsaturated/α-hetero) is 1. The Labute approximate surface area is 189 Å². The van der Waals surface area contributed by atoms with Crippen LogP contribution in [0.4, 0.5) is 5.13 Å². The second-order valence-corrected chi connectivity index (χ2v) is 8.92. The number of hydrogen-bond acceptors (Lipinski definition) is 5. The number of carbonyl (C=O) groups excluding carboxylic acids is 2. The lowest BCUT2D eigenvalue weighted by Gasteiger charge is -2.23. The molecule has 1 amide bonds. The van der Waals surface area contributed by atoms with E-state index < -0.39 is 17.7 Å². The first-order valence-electron chi connectivity index (χ1n) is 10.2. The van der Waals surface area contributed by atoms with E-state index in [1.165, 1.54) is 16.2 Å². The number of aromatic nitrogens is 1. The molecule has 1 aliphatic heterocycles. The third-order valence-electron chi connectivity index (χ3n) is 5.65. The van der Waals surface area contributed by atoms with Crippen LogP contribution in [0.15, 0.2) is 78.4 Å². The molecule has 0 bridgehead atoms. The molecule has 0 radical (unpaired) electrons. The van der Waals surface area contributed by atoms with Gasteiger partial charge in [0.15, 0.2) is 5.13 Å². The number of aliphatic hydroxyl groups is 1. The van der Waals surface area contributed by atoms with Crippen LogP contribution in [0.3, 0.4) is 0 Å². The van der Waals surface area contributed by atoms with Crippen molar-refractivity contribution in [1.29, 1.82) is 0 Å². The van der Waals surface area contributed by atoms with E-state index in [-0.39, 0.29) is 11.3 Å². The second-order valence-electron chi connectivity index (χ2n) is 7.91. The van der Waals surface area contributed by atoms with Gasteiger partial charge in [0.1, 0.15) is 5.76 Å². The molecule has 5 rings (SSSR count). The predicted molar refractivity (Wildman–Crippen MR) is 127 cm³/mol. The Morgan fingerprint density at radius 3 is 2.19 bits per heavy atom. The monoisotopic (exact) mass is 440 g/mol. The van der Waals surface area contributed by atoms with E-state index in [0.29, 0.717) is 10.7 Å². The molecular weight excluding hydrogens is 420 g/mol. The van der Waals surface area contributed by atoms with Crippen molar-refractivity contribution in [2.75, 3.05) is 4.90 Å². The zero-order valence-electron chi connectivity index (χ0n) is 17.6. The Morgan fingerprint density at radius 2 is 1.53 bits per heavy atom. The van der Waals surface area contributed by atoms with Gasteiger partial charge in [-0.1, -0.05) is 83.1 Å². The van der Waals surface area contributed by atoms with Crippen molar-refractivity contribution in [3.63, 3.8) is 0 Å². The molecule has 4 aromatic rings. The van der Waals surface area contributed by atoms with E-state index in [1.54, 1.807) is 12.1 Å². The van der Waals surface area contributed by atoms with E-state index in [0.717, 1.165) is 26.9 Å². The van der Waals surface area contributed by atoms with Crippen molar-refractivity contribution in [1.82, 2.24) is 4.98 Å². The summed E-state index contributed by atoms with van der Waals surface area (Å²) in [7, 11) is 0. The van der Waals surface area contributed by atoms with Crippen LogP contribution < -0.4 is 4.90 Å². The molecule has 0 spiro atoms. The quantitative estimate of drug-likeness (QED) is 0.258. The summed E-state index contributed by atoms with van der Waals surface area (Å²) in [5.74, 6) is -1.59. The zero-order valence-corrected chi connectivity index (χ0v) is 18.4. The minimum Gasteiger partial charge on any atom is -0.507 e. The molecule has 0 unspecified atom stereocenters. The fourth-order valence-corrected chi connectivity index (χ4v) is 4.92. The molecule has 32 heavy (non-hydrogen) atoms. The van der Waals surface area contributed by atoms with Gasteiger partial charge < -0.3 is 5.11 Å². The van der Waals surface area contributed by atoms with E-state index in [1.807, 2.05) is 74.5 Å². The highest BCUT2D eigenvalue weighted by Crippen LogP contribution is 2.44. The second kappa shape index (κ2) is 7.73. The van der Waals surface area contributed by atoms with Crippen LogP contribution in [-0.4, -0.2) is 21.8 Å². The minimum absolute atomic E-state index is 0.0713. The average molecular weight is 441 g/mol. The SMILES string of the molecule is Cc1ccc(/C(O)=C2\C(=O)C(=O)N(c3nc4ccccc4s3)[C@H]2c2ccc(C)cc2)cc1. The molecule has 1 fully saturated rings. The number of amides is 1. The lowest BCUT2D eigenvalue weighted by atomic mass is 9.94. The summed E-state index contributed by atoms with van der Waals surface area (Å²) in [6.45, 7) is 3.92. The Balaban J connectivity index is 1.73. The van der Waals surface area contributed by atoms with Gasteiger partial charge in [-0.3, -0.25) is 14.5 Å². The molecular formula is C26H20N2O3S. The normalized spacial score (nSPS) is 17.9. The number of nitrogens with zero attached hydrogens (tertiary/aromatic N) is 2. The number of ketones is 1. The van der Waals surface area contributed by atoms with Crippen molar-refractivity contribution in [2.24, 2.45) is 0 Å². The summed E-state index contributed by atoms with van der Waals surface area (Å²) < 4.78 is 0.922. The van der Waals surface area contributed by atoms with Gasteiger partial charge in [-0.25, -0.2) is 4.98 Å². The summed E-state index contributed by atoms with van der Waals surface area (Å²) in [5, 5.41) is 11.6. The molecule has 0 saturated carbocycles. The topological polar surface area (TPSA) is 70.5 Å². The van der Waals surface area contributed by atoms with E-state index in [2.05, 4.69) is 4.98 Å². The first-order chi connectivity index (χ1) is 15.4. The zero-order chi connectivity index (χ0) is 22.4. The molecule has 6 heteroatoms. The average Bonchev–Trinajstić information content (AvgIpc) is 3.33. The van der Waals surface area contributed by atoms with Gasteiger partial charge in [-0.15, -0.1) is 0 Å². The van der Waals surface area contributed by atoms with Crippen LogP contribution in [0.1, 0.15) is 28.3 Å². The smallest absolute Gasteiger partial charge is 0.301 e. The van der Waals surface area contributed by atoms with E-state index in [4.69, 9.17) is 0 Å². The van der Waals surface area contributed by atoms with Crippen LogP contribution in [0.2, 0.25) is 0 Å². The molecule has 0 aliphatic carbocycles. The predicted octanol–water partition coefficient (Wildman–Crippen LogP) is 5.54. The Bertz CT molecular complexity index is 1350. The summed E-state index contributed by atoms with van der Waals surface area (Å²) in [6, 6.07) is 21.7. The Kier molecular flexibility index (Phi) is 4.87. The number of para-hydroxylation sites is 1. The highest BCUT2D eigenvalue weighted by atomic mass is 32.1. The third-order valence-corrected chi connectivity index (χ3v) is 6.69. The molecule has 1 aliphatic rings. The molecule has 5 nitrogen and oxygen atoms in total. The van der Waals surface area contributed by atoms with Crippen molar-refractivity contribution >= 4 is 44.1 Å². The molecule has 1 aromatic heterocycles. The van der Waals surface area contributed by atoms with Crippen LogP contribution in [0.25, 0.3) is 16.0 Å². The number of anilines is 1. The van der Waals surface area contributed by atoms with Crippen LogP contribution >= 0.6 is 11.3 Å². The number of fused-ring (bicyclic) bond motifs is 1. The number of carbonyl (C=O) groups is 2. The summed E-state index contributed by atoms with van der Waals surface area (Å²) in [6.07, 6.45) is 0. The Hall–Kier alpha value is -3.77. The van der Waals surface area contributed by atoms with Gasteiger partial charge in [0.2, 0.25) is 0 Å². The van der Waals surface area contributed by atoms with Gasteiger partial charge >= 0.3 is 5.91 Å². The molecule has 1 saturated heterocycles. The van der Waals surface area contributed by atoms with Gasteiger partial charge in [0, 0.05) is 5.56 Å². The number of hydrogen-bond donors (Lipinski definition) is 1. The maximum atomic E-state index is 13.2. The molecule has 3 aromatic carbocycles. The number of rotatable bonds is 3. The summed E-state index contributed by atoms with van der Waals surface area (Å²) >= 11 is 1.35. The maximum Gasteiger partial charge on any atom is 0.301 e. The molecule has 158 valence electrons. The van der Waals surface area contributed by atoms with Crippen molar-refractivity contribution in [3.8, 4) is 0 Å². The van der Waals surface area contributed by atoms with Gasteiger partial charge in [0.25, 0.3) is 5.78 Å². The van der Waals surface area contributed by atoms with E-state index >= 15 is 0 Å². The molecule has 1 N–H and O–H groups in total.